The molecule has 0 bridgehead atoms. The first-order valence-corrected chi connectivity index (χ1v) is 5.78. The summed E-state index contributed by atoms with van der Waals surface area (Å²) in [5.41, 5.74) is 6.82. The summed E-state index contributed by atoms with van der Waals surface area (Å²) in [5, 5.41) is 0. The topological polar surface area (TPSA) is 57.9 Å². The lowest BCUT2D eigenvalue weighted by Gasteiger charge is -2.32. The number of hydrogen-bond acceptors (Lipinski definition) is 3. The highest BCUT2D eigenvalue weighted by Gasteiger charge is 2.19. The van der Waals surface area contributed by atoms with Crippen LogP contribution < -0.4 is 5.73 Å². The number of H-pyrrole nitrogens is 1. The van der Waals surface area contributed by atoms with Crippen molar-refractivity contribution in [3.63, 3.8) is 0 Å². The van der Waals surface area contributed by atoms with Gasteiger partial charge in [0.15, 0.2) is 0 Å². The zero-order valence-corrected chi connectivity index (χ0v) is 9.15. The Labute approximate surface area is 90.9 Å². The third-order valence-corrected chi connectivity index (χ3v) is 3.13. The highest BCUT2D eigenvalue weighted by Crippen LogP contribution is 2.19. The van der Waals surface area contributed by atoms with Crippen LogP contribution in [0.25, 0.3) is 0 Å². The van der Waals surface area contributed by atoms with E-state index in [4.69, 9.17) is 5.73 Å². The van der Waals surface area contributed by atoms with Gasteiger partial charge in [0, 0.05) is 25.0 Å². The minimum absolute atomic E-state index is 0.798. The third-order valence-electron chi connectivity index (χ3n) is 3.13. The van der Waals surface area contributed by atoms with Crippen molar-refractivity contribution >= 4 is 0 Å². The van der Waals surface area contributed by atoms with Crippen LogP contribution in [0.15, 0.2) is 12.5 Å². The molecule has 2 rings (SSSR count). The lowest BCUT2D eigenvalue weighted by molar-refractivity contribution is 0.161. The van der Waals surface area contributed by atoms with Gasteiger partial charge in [0.25, 0.3) is 0 Å². The number of aromatic amines is 1. The molecule has 2 heterocycles. The van der Waals surface area contributed by atoms with E-state index in [2.05, 4.69) is 14.9 Å². The highest BCUT2D eigenvalue weighted by atomic mass is 15.1. The molecular weight excluding hydrogens is 188 g/mol. The van der Waals surface area contributed by atoms with Crippen molar-refractivity contribution in [2.45, 2.75) is 25.8 Å². The number of nitrogens with zero attached hydrogens (tertiary/aromatic N) is 2. The molecule has 1 aliphatic rings. The quantitative estimate of drug-likeness (QED) is 0.775. The summed E-state index contributed by atoms with van der Waals surface area (Å²) in [7, 11) is 0. The number of nitrogens with one attached hydrogen (secondary N) is 1. The zero-order valence-electron chi connectivity index (χ0n) is 9.15. The van der Waals surface area contributed by atoms with Crippen LogP contribution in [0, 0.1) is 5.92 Å². The van der Waals surface area contributed by atoms with Crippen molar-refractivity contribution < 1.29 is 0 Å². The van der Waals surface area contributed by atoms with Crippen LogP contribution in [0.5, 0.6) is 0 Å². The van der Waals surface area contributed by atoms with E-state index in [9.17, 15) is 0 Å². The molecule has 1 saturated heterocycles. The SMILES string of the molecule is NCCC1CCCN(Cc2cnc[nH]2)C1. The minimum Gasteiger partial charge on any atom is -0.347 e. The first kappa shape index (κ1) is 10.6. The van der Waals surface area contributed by atoms with Gasteiger partial charge in [-0.25, -0.2) is 4.98 Å². The maximum absolute atomic E-state index is 5.61. The third kappa shape index (κ3) is 3.04. The fraction of sp³-hybridized carbons (Fsp3) is 0.727. The fourth-order valence-corrected chi connectivity index (χ4v) is 2.38. The second kappa shape index (κ2) is 5.28. The average molecular weight is 208 g/mol. The van der Waals surface area contributed by atoms with E-state index in [0.29, 0.717) is 0 Å². The Balaban J connectivity index is 1.82. The average Bonchev–Trinajstić information content (AvgIpc) is 2.71. The lowest BCUT2D eigenvalue weighted by atomic mass is 9.95. The number of imidazole rings is 1. The Morgan fingerprint density at radius 3 is 3.27 bits per heavy atom. The molecule has 1 unspecified atom stereocenters. The molecule has 1 aromatic rings. The number of nitrogens with two attached hydrogens (primary N) is 1. The molecule has 0 aromatic carbocycles. The first-order chi connectivity index (χ1) is 7.38. The van der Waals surface area contributed by atoms with E-state index < -0.39 is 0 Å². The molecular formula is C11H20N4. The van der Waals surface area contributed by atoms with Crippen LogP contribution >= 0.6 is 0 Å². The van der Waals surface area contributed by atoms with E-state index in [1.165, 1.54) is 38.0 Å². The molecule has 84 valence electrons. The lowest BCUT2D eigenvalue weighted by Crippen LogP contribution is -2.35. The Morgan fingerprint density at radius 1 is 1.60 bits per heavy atom. The predicted octanol–water partition coefficient (Wildman–Crippen LogP) is 0.970. The van der Waals surface area contributed by atoms with Crippen molar-refractivity contribution in [1.29, 1.82) is 0 Å². The van der Waals surface area contributed by atoms with Crippen molar-refractivity contribution in [2.75, 3.05) is 19.6 Å². The summed E-state index contributed by atoms with van der Waals surface area (Å²) >= 11 is 0. The second-order valence-corrected chi connectivity index (χ2v) is 4.40. The van der Waals surface area contributed by atoms with Crippen LogP contribution in [-0.4, -0.2) is 34.5 Å². The number of hydrogen-bond donors (Lipinski definition) is 2. The van der Waals surface area contributed by atoms with E-state index in [1.807, 2.05) is 6.20 Å². The van der Waals surface area contributed by atoms with Crippen molar-refractivity contribution in [3.05, 3.63) is 18.2 Å². The van der Waals surface area contributed by atoms with Gasteiger partial charge in [-0.05, 0) is 38.3 Å². The molecule has 3 N–H and O–H groups in total. The van der Waals surface area contributed by atoms with Crippen molar-refractivity contribution in [2.24, 2.45) is 11.7 Å². The van der Waals surface area contributed by atoms with Gasteiger partial charge >= 0.3 is 0 Å². The van der Waals surface area contributed by atoms with Gasteiger partial charge in [-0.15, -0.1) is 0 Å². The van der Waals surface area contributed by atoms with Gasteiger partial charge in [-0.3, -0.25) is 4.90 Å². The Bertz CT molecular complexity index is 268. The number of aromatic nitrogens is 2. The molecule has 4 heteroatoms. The number of rotatable bonds is 4. The first-order valence-electron chi connectivity index (χ1n) is 5.78. The number of likely N-dealkylation sites (tertiary alicyclic amines) is 1. The van der Waals surface area contributed by atoms with Gasteiger partial charge in [0.2, 0.25) is 0 Å². The van der Waals surface area contributed by atoms with Crippen LogP contribution in [-0.2, 0) is 6.54 Å². The summed E-state index contributed by atoms with van der Waals surface area (Å²) in [4.78, 5) is 9.69. The normalized spacial score (nSPS) is 23.1. The maximum Gasteiger partial charge on any atom is 0.0922 e. The minimum atomic E-state index is 0.798. The summed E-state index contributed by atoms with van der Waals surface area (Å²) in [6.07, 6.45) is 7.47. The van der Waals surface area contributed by atoms with Gasteiger partial charge in [-0.1, -0.05) is 0 Å². The number of piperidine rings is 1. The molecule has 1 aliphatic heterocycles. The van der Waals surface area contributed by atoms with E-state index in [-0.39, 0.29) is 0 Å². The summed E-state index contributed by atoms with van der Waals surface area (Å²) in [6.45, 7) is 4.22. The standard InChI is InChI=1S/C11H20N4/c12-4-3-10-2-1-5-15(7-10)8-11-6-13-9-14-11/h6,9-10H,1-5,7-8,12H2,(H,13,14). The molecule has 0 radical (unpaired) electrons. The van der Waals surface area contributed by atoms with Gasteiger partial charge in [-0.2, -0.15) is 0 Å². The van der Waals surface area contributed by atoms with Crippen LogP contribution in [0.3, 0.4) is 0 Å². The van der Waals surface area contributed by atoms with E-state index in [1.54, 1.807) is 6.33 Å². The Morgan fingerprint density at radius 2 is 2.53 bits per heavy atom. The summed E-state index contributed by atoms with van der Waals surface area (Å²) < 4.78 is 0. The summed E-state index contributed by atoms with van der Waals surface area (Å²) in [6, 6.07) is 0. The molecule has 0 saturated carbocycles. The predicted molar refractivity (Wildman–Crippen MR) is 60.3 cm³/mol. The smallest absolute Gasteiger partial charge is 0.0922 e. The van der Waals surface area contributed by atoms with Crippen molar-refractivity contribution in [1.82, 2.24) is 14.9 Å². The van der Waals surface area contributed by atoms with Crippen LogP contribution in [0.1, 0.15) is 25.0 Å². The van der Waals surface area contributed by atoms with Crippen molar-refractivity contribution in [3.8, 4) is 0 Å². The Kier molecular flexibility index (Phi) is 3.75. The molecule has 4 nitrogen and oxygen atoms in total. The zero-order chi connectivity index (χ0) is 10.5. The molecule has 15 heavy (non-hydrogen) atoms. The van der Waals surface area contributed by atoms with E-state index >= 15 is 0 Å². The van der Waals surface area contributed by atoms with Crippen LogP contribution in [0.2, 0.25) is 0 Å². The largest absolute Gasteiger partial charge is 0.347 e. The van der Waals surface area contributed by atoms with Gasteiger partial charge < -0.3 is 10.7 Å². The maximum atomic E-state index is 5.61. The molecule has 1 atom stereocenters. The highest BCUT2D eigenvalue weighted by molar-refractivity contribution is 4.94. The molecule has 0 aliphatic carbocycles. The second-order valence-electron chi connectivity index (χ2n) is 4.40. The van der Waals surface area contributed by atoms with Gasteiger partial charge in [0.05, 0.1) is 6.33 Å². The molecule has 0 spiro atoms. The van der Waals surface area contributed by atoms with Crippen LogP contribution in [0.4, 0.5) is 0 Å². The monoisotopic (exact) mass is 208 g/mol. The summed E-state index contributed by atoms with van der Waals surface area (Å²) in [5.74, 6) is 0.798. The fourth-order valence-electron chi connectivity index (χ4n) is 2.38. The molecule has 1 fully saturated rings. The van der Waals surface area contributed by atoms with E-state index in [0.717, 1.165) is 19.0 Å². The van der Waals surface area contributed by atoms with Gasteiger partial charge in [0.1, 0.15) is 0 Å². The Hall–Kier alpha value is -0.870. The molecule has 0 amide bonds. The molecule has 1 aromatic heterocycles.